The lowest BCUT2D eigenvalue weighted by Crippen LogP contribution is -2.23. The zero-order valence-electron chi connectivity index (χ0n) is 7.00. The van der Waals surface area contributed by atoms with Gasteiger partial charge in [0.15, 0.2) is 5.11 Å². The van der Waals surface area contributed by atoms with Crippen molar-refractivity contribution in [3.63, 3.8) is 0 Å². The van der Waals surface area contributed by atoms with Crippen LogP contribution in [0.25, 0.3) is 0 Å². The van der Waals surface area contributed by atoms with Gasteiger partial charge in [0.1, 0.15) is 0 Å². The topological polar surface area (TPSA) is 50.4 Å². The Morgan fingerprint density at radius 1 is 1.36 bits per heavy atom. The number of nitrogens with one attached hydrogen (secondary N) is 1. The molecule has 14 heavy (non-hydrogen) atoms. The summed E-state index contributed by atoms with van der Waals surface area (Å²) in [4.78, 5) is 0. The molecule has 0 unspecified atom stereocenters. The average Bonchev–Trinajstić information content (AvgIpc) is 2.01. The van der Waals surface area contributed by atoms with Gasteiger partial charge in [-0.15, -0.1) is 0 Å². The zero-order chi connectivity index (χ0) is 10.6. The first kappa shape index (κ1) is 11.6. The second kappa shape index (κ2) is 5.43. The Balaban J connectivity index is 2.76. The van der Waals surface area contributed by atoms with E-state index in [1.807, 2.05) is 18.2 Å². The van der Waals surface area contributed by atoms with Crippen molar-refractivity contribution in [2.75, 3.05) is 0 Å². The molecule has 0 saturated carbocycles. The Kier molecular flexibility index (Phi) is 4.50. The zero-order valence-corrected chi connectivity index (χ0v) is 11.0. The Bertz CT molecular complexity index is 359. The van der Waals surface area contributed by atoms with Crippen LogP contribution in [-0.2, 0) is 0 Å². The highest BCUT2D eigenvalue weighted by Crippen LogP contribution is 2.18. The molecule has 1 aromatic carbocycles. The Labute approximate surface area is 104 Å². The highest BCUT2D eigenvalue weighted by molar-refractivity contribution is 9.11. The molecular weight excluding hydrogens is 330 g/mol. The summed E-state index contributed by atoms with van der Waals surface area (Å²) in [6.07, 6.45) is 1.63. The second-order valence-corrected chi connectivity index (χ2v) is 4.71. The first-order valence-electron chi connectivity index (χ1n) is 3.62. The highest BCUT2D eigenvalue weighted by Gasteiger charge is 1.94. The number of hydrogen-bond acceptors (Lipinski definition) is 2. The van der Waals surface area contributed by atoms with Crippen LogP contribution in [-0.4, -0.2) is 11.3 Å². The van der Waals surface area contributed by atoms with E-state index in [4.69, 9.17) is 5.73 Å². The van der Waals surface area contributed by atoms with Crippen molar-refractivity contribution in [2.24, 2.45) is 10.8 Å². The minimum absolute atomic E-state index is 0.148. The second-order valence-electron chi connectivity index (χ2n) is 2.44. The standard InChI is InChI=1S/C8H7Br2N3S/c9-6-1-5(2-7(10)3-6)4-12-13-8(11)14/h1-4H,(H3,11,13,14). The van der Waals surface area contributed by atoms with E-state index in [1.165, 1.54) is 0 Å². The van der Waals surface area contributed by atoms with Crippen LogP contribution in [0.5, 0.6) is 0 Å². The predicted octanol–water partition coefficient (Wildman–Crippen LogP) is 2.38. The Morgan fingerprint density at radius 2 is 1.93 bits per heavy atom. The minimum Gasteiger partial charge on any atom is -0.375 e. The average molecular weight is 337 g/mol. The molecule has 0 radical (unpaired) electrons. The van der Waals surface area contributed by atoms with E-state index in [9.17, 15) is 0 Å². The number of nitrogens with two attached hydrogens (primary N) is 1. The Morgan fingerprint density at radius 3 is 2.43 bits per heavy atom. The van der Waals surface area contributed by atoms with Gasteiger partial charge in [-0.25, -0.2) is 0 Å². The molecular formula is C8H7Br2N3S. The molecule has 0 amide bonds. The van der Waals surface area contributed by atoms with Crippen LogP contribution < -0.4 is 11.2 Å². The third-order valence-electron chi connectivity index (χ3n) is 1.27. The monoisotopic (exact) mass is 335 g/mol. The summed E-state index contributed by atoms with van der Waals surface area (Å²) >= 11 is 11.3. The molecule has 1 aromatic rings. The van der Waals surface area contributed by atoms with Gasteiger partial charge in [-0.1, -0.05) is 31.9 Å². The lowest BCUT2D eigenvalue weighted by molar-refractivity contribution is 1.04. The fourth-order valence-electron chi connectivity index (χ4n) is 0.820. The lowest BCUT2D eigenvalue weighted by Gasteiger charge is -1.97. The van der Waals surface area contributed by atoms with Crippen molar-refractivity contribution in [1.29, 1.82) is 0 Å². The molecule has 1 rings (SSSR count). The van der Waals surface area contributed by atoms with Crippen LogP contribution in [0.3, 0.4) is 0 Å². The van der Waals surface area contributed by atoms with Gasteiger partial charge in [0.25, 0.3) is 0 Å². The van der Waals surface area contributed by atoms with Crippen molar-refractivity contribution in [2.45, 2.75) is 0 Å². The van der Waals surface area contributed by atoms with Gasteiger partial charge in [-0.2, -0.15) is 5.10 Å². The molecule has 0 aliphatic heterocycles. The molecule has 0 aliphatic rings. The molecule has 3 N–H and O–H groups in total. The highest BCUT2D eigenvalue weighted by atomic mass is 79.9. The van der Waals surface area contributed by atoms with E-state index < -0.39 is 0 Å². The van der Waals surface area contributed by atoms with Crippen molar-refractivity contribution in [3.8, 4) is 0 Å². The summed E-state index contributed by atoms with van der Waals surface area (Å²) in [5, 5.41) is 3.99. The van der Waals surface area contributed by atoms with Gasteiger partial charge < -0.3 is 5.73 Å². The quantitative estimate of drug-likeness (QED) is 0.495. The van der Waals surface area contributed by atoms with E-state index in [1.54, 1.807) is 6.21 Å². The van der Waals surface area contributed by atoms with Crippen LogP contribution in [0.1, 0.15) is 5.56 Å². The van der Waals surface area contributed by atoms with Gasteiger partial charge >= 0.3 is 0 Å². The number of benzene rings is 1. The summed E-state index contributed by atoms with van der Waals surface area (Å²) < 4.78 is 1.95. The molecule has 0 atom stereocenters. The molecule has 0 bridgehead atoms. The SMILES string of the molecule is NC(=S)NN=Cc1cc(Br)cc(Br)c1. The van der Waals surface area contributed by atoms with Crippen LogP contribution in [0.4, 0.5) is 0 Å². The van der Waals surface area contributed by atoms with E-state index >= 15 is 0 Å². The van der Waals surface area contributed by atoms with Crippen molar-refractivity contribution in [3.05, 3.63) is 32.7 Å². The molecule has 0 heterocycles. The summed E-state index contributed by atoms with van der Waals surface area (Å²) in [6.45, 7) is 0. The first-order valence-corrected chi connectivity index (χ1v) is 5.62. The van der Waals surface area contributed by atoms with Crippen LogP contribution >= 0.6 is 44.1 Å². The molecule has 6 heteroatoms. The summed E-state index contributed by atoms with van der Waals surface area (Å²) in [6, 6.07) is 5.79. The van der Waals surface area contributed by atoms with Crippen molar-refractivity contribution < 1.29 is 0 Å². The van der Waals surface area contributed by atoms with Crippen LogP contribution in [0.15, 0.2) is 32.2 Å². The van der Waals surface area contributed by atoms with Crippen molar-refractivity contribution >= 4 is 55.4 Å². The summed E-state index contributed by atoms with van der Waals surface area (Å²) in [7, 11) is 0. The van der Waals surface area contributed by atoms with E-state index in [2.05, 4.69) is 54.6 Å². The maximum atomic E-state index is 5.20. The van der Waals surface area contributed by atoms with Crippen LogP contribution in [0.2, 0.25) is 0 Å². The molecule has 0 saturated heterocycles. The van der Waals surface area contributed by atoms with Crippen molar-refractivity contribution in [1.82, 2.24) is 5.43 Å². The molecule has 0 fully saturated rings. The smallest absolute Gasteiger partial charge is 0.184 e. The summed E-state index contributed by atoms with van der Waals surface area (Å²) in [5.74, 6) is 0. The summed E-state index contributed by atoms with van der Waals surface area (Å²) in [5.41, 5.74) is 8.63. The maximum Gasteiger partial charge on any atom is 0.184 e. The lowest BCUT2D eigenvalue weighted by atomic mass is 10.2. The minimum atomic E-state index is 0.148. The van der Waals surface area contributed by atoms with Gasteiger partial charge in [-0.3, -0.25) is 5.43 Å². The molecule has 74 valence electrons. The third kappa shape index (κ3) is 4.17. The van der Waals surface area contributed by atoms with E-state index in [-0.39, 0.29) is 5.11 Å². The molecule has 0 aliphatic carbocycles. The van der Waals surface area contributed by atoms with E-state index in [0.29, 0.717) is 0 Å². The maximum absolute atomic E-state index is 5.20. The molecule has 0 aromatic heterocycles. The number of hydrogen-bond donors (Lipinski definition) is 2. The van der Waals surface area contributed by atoms with Crippen LogP contribution in [0, 0.1) is 0 Å². The number of thiocarbonyl (C=S) groups is 1. The predicted molar refractivity (Wildman–Crippen MR) is 69.4 cm³/mol. The largest absolute Gasteiger partial charge is 0.375 e. The molecule has 0 spiro atoms. The van der Waals surface area contributed by atoms with Gasteiger partial charge in [0, 0.05) is 8.95 Å². The fraction of sp³-hybridized carbons (Fsp3) is 0. The van der Waals surface area contributed by atoms with Gasteiger partial charge in [-0.05, 0) is 36.0 Å². The molecule has 3 nitrogen and oxygen atoms in total. The van der Waals surface area contributed by atoms with Gasteiger partial charge in [0.05, 0.1) is 6.21 Å². The number of halogens is 2. The normalized spacial score (nSPS) is 10.4. The fourth-order valence-corrected chi connectivity index (χ4v) is 2.20. The number of nitrogens with zero attached hydrogens (tertiary/aromatic N) is 1. The Hall–Kier alpha value is -0.460. The van der Waals surface area contributed by atoms with Gasteiger partial charge in [0.2, 0.25) is 0 Å². The number of rotatable bonds is 2. The van der Waals surface area contributed by atoms with E-state index in [0.717, 1.165) is 14.5 Å². The number of hydrazone groups is 1. The third-order valence-corrected chi connectivity index (χ3v) is 2.28. The first-order chi connectivity index (χ1) is 6.58.